The average Bonchev–Trinajstić information content (AvgIpc) is 3.10. The van der Waals surface area contributed by atoms with E-state index in [1.54, 1.807) is 0 Å². The first-order chi connectivity index (χ1) is 11.3. The fraction of sp³-hybridized carbons (Fsp3) is 0.471. The zero-order valence-electron chi connectivity index (χ0n) is 13.0. The average molecular weight is 312 g/mol. The monoisotopic (exact) mass is 312 g/mol. The number of carbonyl (C=O) groups excluding carboxylic acids is 1. The summed E-state index contributed by atoms with van der Waals surface area (Å²) in [7, 11) is 0. The summed E-state index contributed by atoms with van der Waals surface area (Å²) in [6.45, 7) is 1.35. The lowest BCUT2D eigenvalue weighted by Crippen LogP contribution is -2.37. The predicted octanol–water partition coefficient (Wildman–Crippen LogP) is 1.62. The molecule has 0 bridgehead atoms. The van der Waals surface area contributed by atoms with Crippen LogP contribution in [0.5, 0.6) is 5.75 Å². The Kier molecular flexibility index (Phi) is 3.73. The van der Waals surface area contributed by atoms with Gasteiger partial charge in [-0.05, 0) is 24.5 Å². The molecule has 0 fully saturated rings. The molecule has 6 nitrogen and oxygen atoms in total. The van der Waals surface area contributed by atoms with Gasteiger partial charge >= 0.3 is 0 Å². The Balaban J connectivity index is 1.39. The minimum Gasteiger partial charge on any atom is -0.480 e. The second-order valence-corrected chi connectivity index (χ2v) is 6.13. The highest BCUT2D eigenvalue weighted by atomic mass is 16.5. The van der Waals surface area contributed by atoms with E-state index in [9.17, 15) is 4.79 Å². The van der Waals surface area contributed by atoms with E-state index < -0.39 is 6.10 Å². The molecule has 1 aromatic heterocycles. The van der Waals surface area contributed by atoms with E-state index >= 15 is 0 Å². The van der Waals surface area contributed by atoms with Gasteiger partial charge in [-0.15, -0.1) is 10.2 Å². The number of carbonyl (C=O) groups is 1. The fourth-order valence-corrected chi connectivity index (χ4v) is 3.28. The molecule has 120 valence electrons. The standard InChI is InChI=1S/C17H20N4O2/c22-17(14-10-12-6-3-4-7-13(12)23-14)18-11-16-20-19-15-8-2-1-5-9-21(15)16/h3-4,6-7,14H,1-2,5,8-11H2,(H,18,22)/t14-/m0/s1. The number of ether oxygens (including phenoxy) is 1. The fourth-order valence-electron chi connectivity index (χ4n) is 3.28. The first kappa shape index (κ1) is 14.2. The van der Waals surface area contributed by atoms with E-state index in [2.05, 4.69) is 20.1 Å². The SMILES string of the molecule is O=C(NCc1nnc2n1CCCCC2)[C@@H]1Cc2ccccc2O1. The van der Waals surface area contributed by atoms with Crippen molar-refractivity contribution in [3.8, 4) is 5.75 Å². The zero-order valence-corrected chi connectivity index (χ0v) is 13.0. The van der Waals surface area contributed by atoms with Gasteiger partial charge in [0, 0.05) is 19.4 Å². The minimum absolute atomic E-state index is 0.0906. The summed E-state index contributed by atoms with van der Waals surface area (Å²) in [6.07, 6.45) is 4.69. The molecule has 0 aliphatic carbocycles. The molecule has 1 N–H and O–H groups in total. The molecule has 2 aromatic rings. The molecule has 4 rings (SSSR count). The third kappa shape index (κ3) is 2.81. The van der Waals surface area contributed by atoms with Gasteiger partial charge in [0.1, 0.15) is 11.6 Å². The second-order valence-electron chi connectivity index (χ2n) is 6.13. The Labute approximate surface area is 134 Å². The van der Waals surface area contributed by atoms with Crippen LogP contribution < -0.4 is 10.1 Å². The molecule has 23 heavy (non-hydrogen) atoms. The van der Waals surface area contributed by atoms with Crippen LogP contribution in [-0.4, -0.2) is 26.8 Å². The van der Waals surface area contributed by atoms with Gasteiger partial charge in [0.15, 0.2) is 11.9 Å². The molecule has 1 amide bonds. The van der Waals surface area contributed by atoms with Crippen molar-refractivity contribution in [1.29, 1.82) is 0 Å². The van der Waals surface area contributed by atoms with Gasteiger partial charge in [0.2, 0.25) is 0 Å². The van der Waals surface area contributed by atoms with Gasteiger partial charge in [-0.2, -0.15) is 0 Å². The van der Waals surface area contributed by atoms with E-state index in [-0.39, 0.29) is 5.91 Å². The van der Waals surface area contributed by atoms with Crippen LogP contribution in [0.25, 0.3) is 0 Å². The molecule has 1 atom stereocenters. The largest absolute Gasteiger partial charge is 0.480 e. The Hall–Kier alpha value is -2.37. The van der Waals surface area contributed by atoms with Crippen molar-refractivity contribution in [2.24, 2.45) is 0 Å². The van der Waals surface area contributed by atoms with E-state index in [0.29, 0.717) is 13.0 Å². The number of nitrogens with one attached hydrogen (secondary N) is 1. The second kappa shape index (κ2) is 6.02. The van der Waals surface area contributed by atoms with Crippen molar-refractivity contribution in [2.45, 2.75) is 51.3 Å². The number of benzene rings is 1. The summed E-state index contributed by atoms with van der Waals surface area (Å²) in [4.78, 5) is 12.4. The first-order valence-corrected chi connectivity index (χ1v) is 8.24. The molecule has 0 saturated heterocycles. The van der Waals surface area contributed by atoms with Crippen LogP contribution in [0.3, 0.4) is 0 Å². The Morgan fingerprint density at radius 3 is 3.09 bits per heavy atom. The van der Waals surface area contributed by atoms with E-state index in [1.165, 1.54) is 12.8 Å². The molecule has 2 aliphatic heterocycles. The number of aromatic nitrogens is 3. The van der Waals surface area contributed by atoms with Gasteiger partial charge in [-0.3, -0.25) is 4.79 Å². The van der Waals surface area contributed by atoms with Gasteiger partial charge < -0.3 is 14.6 Å². The molecule has 2 aliphatic rings. The van der Waals surface area contributed by atoms with Crippen LogP contribution >= 0.6 is 0 Å². The van der Waals surface area contributed by atoms with Crippen molar-refractivity contribution >= 4 is 5.91 Å². The van der Waals surface area contributed by atoms with Gasteiger partial charge in [0.05, 0.1) is 6.54 Å². The van der Waals surface area contributed by atoms with Crippen LogP contribution in [0.15, 0.2) is 24.3 Å². The third-order valence-corrected chi connectivity index (χ3v) is 4.55. The Bertz CT molecular complexity index is 700. The topological polar surface area (TPSA) is 69.0 Å². The van der Waals surface area contributed by atoms with Crippen molar-refractivity contribution in [3.63, 3.8) is 0 Å². The number of aryl methyl sites for hydroxylation is 1. The summed E-state index contributed by atoms with van der Waals surface area (Å²) < 4.78 is 7.87. The summed E-state index contributed by atoms with van der Waals surface area (Å²) in [5, 5.41) is 11.4. The number of fused-ring (bicyclic) bond motifs is 2. The van der Waals surface area contributed by atoms with Gasteiger partial charge in [-0.1, -0.05) is 24.6 Å². The molecule has 0 radical (unpaired) electrons. The number of rotatable bonds is 3. The van der Waals surface area contributed by atoms with E-state index in [4.69, 9.17) is 4.74 Å². The minimum atomic E-state index is -0.445. The number of amides is 1. The molecule has 0 spiro atoms. The molecule has 0 saturated carbocycles. The summed E-state index contributed by atoms with van der Waals surface area (Å²) in [5.41, 5.74) is 1.09. The van der Waals surface area contributed by atoms with Crippen LogP contribution in [0, 0.1) is 0 Å². The number of hydrogen-bond acceptors (Lipinski definition) is 4. The van der Waals surface area contributed by atoms with Crippen LogP contribution in [0.4, 0.5) is 0 Å². The van der Waals surface area contributed by atoms with Crippen molar-refractivity contribution in [1.82, 2.24) is 20.1 Å². The maximum Gasteiger partial charge on any atom is 0.261 e. The highest BCUT2D eigenvalue weighted by Crippen LogP contribution is 2.28. The lowest BCUT2D eigenvalue weighted by molar-refractivity contribution is -0.127. The lowest BCUT2D eigenvalue weighted by Gasteiger charge is -2.12. The summed E-state index contributed by atoms with van der Waals surface area (Å²) in [6, 6.07) is 7.79. The van der Waals surface area contributed by atoms with Gasteiger partial charge in [-0.25, -0.2) is 0 Å². The number of hydrogen-bond donors (Lipinski definition) is 1. The maximum atomic E-state index is 12.4. The zero-order chi connectivity index (χ0) is 15.6. The molecule has 6 heteroatoms. The van der Waals surface area contributed by atoms with Crippen LogP contribution in [0.1, 0.15) is 36.5 Å². The molecule has 3 heterocycles. The predicted molar refractivity (Wildman–Crippen MR) is 84.0 cm³/mol. The highest BCUT2D eigenvalue weighted by molar-refractivity contribution is 5.82. The number of nitrogens with zero attached hydrogens (tertiary/aromatic N) is 3. The van der Waals surface area contributed by atoms with Crippen molar-refractivity contribution in [2.75, 3.05) is 0 Å². The Morgan fingerprint density at radius 1 is 1.26 bits per heavy atom. The normalized spacial score (nSPS) is 19.4. The van der Waals surface area contributed by atoms with Crippen LogP contribution in [-0.2, 0) is 30.7 Å². The van der Waals surface area contributed by atoms with Crippen molar-refractivity contribution in [3.05, 3.63) is 41.5 Å². The van der Waals surface area contributed by atoms with E-state index in [0.717, 1.165) is 42.3 Å². The Morgan fingerprint density at radius 2 is 2.17 bits per heavy atom. The van der Waals surface area contributed by atoms with E-state index in [1.807, 2.05) is 24.3 Å². The lowest BCUT2D eigenvalue weighted by atomic mass is 10.1. The van der Waals surface area contributed by atoms with Gasteiger partial charge in [0.25, 0.3) is 5.91 Å². The maximum absolute atomic E-state index is 12.4. The van der Waals surface area contributed by atoms with Crippen LogP contribution in [0.2, 0.25) is 0 Å². The molecular weight excluding hydrogens is 292 g/mol. The third-order valence-electron chi connectivity index (χ3n) is 4.55. The molecular formula is C17H20N4O2. The first-order valence-electron chi connectivity index (χ1n) is 8.24. The highest BCUT2D eigenvalue weighted by Gasteiger charge is 2.28. The summed E-state index contributed by atoms with van der Waals surface area (Å²) in [5.74, 6) is 2.60. The molecule has 0 unspecified atom stereocenters. The number of para-hydroxylation sites is 1. The smallest absolute Gasteiger partial charge is 0.261 e. The van der Waals surface area contributed by atoms with Crippen molar-refractivity contribution < 1.29 is 9.53 Å². The quantitative estimate of drug-likeness (QED) is 0.935. The molecule has 1 aromatic carbocycles. The summed E-state index contributed by atoms with van der Waals surface area (Å²) >= 11 is 0.